The second-order valence-corrected chi connectivity index (χ2v) is 6.03. The first-order valence-corrected chi connectivity index (χ1v) is 8.48. The van der Waals surface area contributed by atoms with Crippen LogP contribution in [-0.4, -0.2) is 33.2 Å². The van der Waals surface area contributed by atoms with Crippen LogP contribution in [0, 0.1) is 0 Å². The van der Waals surface area contributed by atoms with Crippen molar-refractivity contribution in [3.63, 3.8) is 0 Å². The molecule has 1 aliphatic rings. The molecule has 0 unspecified atom stereocenters. The number of amides is 2. The molecule has 1 aliphatic heterocycles. The summed E-state index contributed by atoms with van der Waals surface area (Å²) < 4.78 is 7.02. The zero-order valence-corrected chi connectivity index (χ0v) is 14.3. The van der Waals surface area contributed by atoms with Crippen LogP contribution in [0.2, 0.25) is 0 Å². The maximum Gasteiger partial charge on any atom is 0.264 e. The minimum absolute atomic E-state index is 0.120. The minimum Gasteiger partial charge on any atom is -0.484 e. The maximum absolute atomic E-state index is 12.1. The summed E-state index contributed by atoms with van der Waals surface area (Å²) in [7, 11) is 0. The zero-order chi connectivity index (χ0) is 18.6. The van der Waals surface area contributed by atoms with Gasteiger partial charge >= 0.3 is 0 Å². The van der Waals surface area contributed by atoms with Crippen molar-refractivity contribution >= 4 is 23.7 Å². The van der Waals surface area contributed by atoms with E-state index in [1.807, 2.05) is 48.5 Å². The summed E-state index contributed by atoms with van der Waals surface area (Å²) >= 11 is 0. The van der Waals surface area contributed by atoms with E-state index in [1.54, 1.807) is 16.8 Å². The number of anilines is 2. The molecule has 0 aliphatic carbocycles. The van der Waals surface area contributed by atoms with Crippen LogP contribution >= 0.6 is 0 Å². The average molecular weight is 363 g/mol. The van der Waals surface area contributed by atoms with E-state index >= 15 is 0 Å². The van der Waals surface area contributed by atoms with Crippen LogP contribution in [0.1, 0.15) is 18.0 Å². The van der Waals surface area contributed by atoms with Gasteiger partial charge in [0.25, 0.3) is 11.9 Å². The highest BCUT2D eigenvalue weighted by Crippen LogP contribution is 2.29. The second-order valence-electron chi connectivity index (χ2n) is 6.03. The van der Waals surface area contributed by atoms with E-state index in [-0.39, 0.29) is 36.8 Å². The molecule has 2 aromatic carbocycles. The molecule has 8 heteroatoms. The van der Waals surface area contributed by atoms with Gasteiger partial charge in [0.15, 0.2) is 6.61 Å². The van der Waals surface area contributed by atoms with Crippen LogP contribution in [0.25, 0.3) is 0 Å². The number of fused-ring (bicyclic) bond motifs is 1. The molecule has 3 aromatic rings. The second kappa shape index (κ2) is 7.28. The van der Waals surface area contributed by atoms with Gasteiger partial charge in [0.2, 0.25) is 11.9 Å². The molecular weight excluding hydrogens is 346 g/mol. The van der Waals surface area contributed by atoms with E-state index in [1.165, 1.54) is 0 Å². The number of hydrogen-bond acceptors (Lipinski definition) is 5. The first kappa shape index (κ1) is 16.8. The van der Waals surface area contributed by atoms with Gasteiger partial charge in [-0.1, -0.05) is 48.5 Å². The minimum atomic E-state index is -0.385. The van der Waals surface area contributed by atoms with Crippen molar-refractivity contribution in [3.8, 4) is 5.75 Å². The Bertz CT molecular complexity index is 956. The fourth-order valence-corrected chi connectivity index (χ4v) is 2.88. The van der Waals surface area contributed by atoms with Gasteiger partial charge in [-0.2, -0.15) is 4.98 Å². The predicted octanol–water partition coefficient (Wildman–Crippen LogP) is 2.23. The highest BCUT2D eigenvalue weighted by atomic mass is 16.5. The Morgan fingerprint density at radius 1 is 1.15 bits per heavy atom. The lowest BCUT2D eigenvalue weighted by atomic mass is 10.0. The predicted molar refractivity (Wildman–Crippen MR) is 98.4 cm³/mol. The Kier molecular flexibility index (Phi) is 4.52. The van der Waals surface area contributed by atoms with Crippen molar-refractivity contribution in [2.45, 2.75) is 12.5 Å². The number of carbonyl (C=O) groups excluding carboxylic acids is 2. The summed E-state index contributed by atoms with van der Waals surface area (Å²) in [5.74, 6) is 0.494. The van der Waals surface area contributed by atoms with E-state index in [4.69, 9.17) is 4.74 Å². The van der Waals surface area contributed by atoms with E-state index in [0.717, 1.165) is 5.56 Å². The van der Waals surface area contributed by atoms with Crippen LogP contribution in [0.3, 0.4) is 0 Å². The number of benzene rings is 2. The summed E-state index contributed by atoms with van der Waals surface area (Å²) in [6, 6.07) is 18.4. The Morgan fingerprint density at radius 3 is 2.59 bits per heavy atom. The quantitative estimate of drug-likeness (QED) is 0.724. The van der Waals surface area contributed by atoms with Crippen LogP contribution < -0.4 is 15.4 Å². The highest BCUT2D eigenvalue weighted by molar-refractivity contribution is 5.93. The summed E-state index contributed by atoms with van der Waals surface area (Å²) in [5, 5.41) is 9.62. The lowest BCUT2D eigenvalue weighted by molar-refractivity contribution is -0.118. The Morgan fingerprint density at radius 2 is 1.85 bits per heavy atom. The van der Waals surface area contributed by atoms with E-state index in [2.05, 4.69) is 20.7 Å². The average Bonchev–Trinajstić information content (AvgIpc) is 3.09. The standard InChI is InChI=1S/C19H17N5O3/c25-16-11-15(13-7-3-1-4-8-13)24-19(21-16)22-18(23-24)20-17(26)12-27-14-9-5-2-6-10-14/h1-10,15H,11-12H2,(H2,20,21,22,23,25,26)/t15-/m1/s1. The molecule has 0 fully saturated rings. The van der Waals surface area contributed by atoms with Crippen LogP contribution in [0.15, 0.2) is 60.7 Å². The number of carbonyl (C=O) groups is 2. The Labute approximate surface area is 155 Å². The smallest absolute Gasteiger partial charge is 0.264 e. The number of aromatic nitrogens is 3. The van der Waals surface area contributed by atoms with Gasteiger partial charge in [-0.15, -0.1) is 5.10 Å². The lowest BCUT2D eigenvalue weighted by Crippen LogP contribution is -2.29. The molecule has 0 radical (unpaired) electrons. The molecule has 0 bridgehead atoms. The Hall–Kier alpha value is -3.68. The third-order valence-corrected chi connectivity index (χ3v) is 4.11. The molecule has 8 nitrogen and oxygen atoms in total. The monoisotopic (exact) mass is 363 g/mol. The molecule has 0 spiro atoms. The molecular formula is C19H17N5O3. The molecule has 2 heterocycles. The normalized spacial score (nSPS) is 15.6. The van der Waals surface area contributed by atoms with E-state index in [9.17, 15) is 9.59 Å². The number of nitrogens with one attached hydrogen (secondary N) is 2. The number of nitrogens with zero attached hydrogens (tertiary/aromatic N) is 3. The first-order chi connectivity index (χ1) is 13.2. The van der Waals surface area contributed by atoms with Crippen molar-refractivity contribution < 1.29 is 14.3 Å². The summed E-state index contributed by atoms with van der Waals surface area (Å²) in [6.07, 6.45) is 0.255. The molecule has 4 rings (SSSR count). The summed E-state index contributed by atoms with van der Waals surface area (Å²) in [4.78, 5) is 28.3. The number of para-hydroxylation sites is 1. The molecule has 1 atom stereocenters. The topological polar surface area (TPSA) is 98.1 Å². The Balaban J connectivity index is 1.48. The maximum atomic E-state index is 12.1. The van der Waals surface area contributed by atoms with Crippen LogP contribution in [0.4, 0.5) is 11.9 Å². The van der Waals surface area contributed by atoms with Gasteiger partial charge in [-0.05, 0) is 17.7 Å². The van der Waals surface area contributed by atoms with Crippen molar-refractivity contribution in [2.75, 3.05) is 17.2 Å². The third-order valence-electron chi connectivity index (χ3n) is 4.11. The van der Waals surface area contributed by atoms with Gasteiger partial charge in [0.1, 0.15) is 5.75 Å². The van der Waals surface area contributed by atoms with Crippen LogP contribution in [0.5, 0.6) is 5.75 Å². The third kappa shape index (κ3) is 3.79. The summed E-state index contributed by atoms with van der Waals surface area (Å²) in [5.41, 5.74) is 0.948. The number of ether oxygens (including phenoxy) is 1. The molecule has 1 aromatic heterocycles. The number of rotatable bonds is 5. The molecule has 27 heavy (non-hydrogen) atoms. The van der Waals surface area contributed by atoms with Gasteiger partial charge in [0.05, 0.1) is 12.5 Å². The van der Waals surface area contributed by atoms with E-state index < -0.39 is 0 Å². The molecule has 0 saturated carbocycles. The molecule has 2 N–H and O–H groups in total. The van der Waals surface area contributed by atoms with Crippen LogP contribution in [-0.2, 0) is 9.59 Å². The van der Waals surface area contributed by atoms with Crippen molar-refractivity contribution in [2.24, 2.45) is 0 Å². The highest BCUT2D eigenvalue weighted by Gasteiger charge is 2.29. The first-order valence-electron chi connectivity index (χ1n) is 8.48. The van der Waals surface area contributed by atoms with Crippen molar-refractivity contribution in [1.29, 1.82) is 0 Å². The largest absolute Gasteiger partial charge is 0.484 e. The van der Waals surface area contributed by atoms with E-state index in [0.29, 0.717) is 11.7 Å². The fraction of sp³-hybridized carbons (Fsp3) is 0.158. The number of hydrogen-bond donors (Lipinski definition) is 2. The summed E-state index contributed by atoms with van der Waals surface area (Å²) in [6.45, 7) is -0.164. The van der Waals surface area contributed by atoms with Crippen molar-refractivity contribution in [1.82, 2.24) is 14.8 Å². The van der Waals surface area contributed by atoms with Gasteiger partial charge in [-0.3, -0.25) is 20.2 Å². The van der Waals surface area contributed by atoms with Crippen molar-refractivity contribution in [3.05, 3.63) is 66.2 Å². The van der Waals surface area contributed by atoms with Gasteiger partial charge in [-0.25, -0.2) is 4.68 Å². The zero-order valence-electron chi connectivity index (χ0n) is 14.3. The fourth-order valence-electron chi connectivity index (χ4n) is 2.88. The lowest BCUT2D eigenvalue weighted by Gasteiger charge is -2.23. The van der Waals surface area contributed by atoms with Gasteiger partial charge in [0, 0.05) is 0 Å². The molecule has 0 saturated heterocycles. The SMILES string of the molecule is O=C(COc1ccccc1)Nc1nc2n(n1)[C@@H](c1ccccc1)CC(=O)N2. The molecule has 2 amide bonds. The molecule has 136 valence electrons. The van der Waals surface area contributed by atoms with Gasteiger partial charge < -0.3 is 4.74 Å².